The van der Waals surface area contributed by atoms with Gasteiger partial charge in [0.2, 0.25) is 0 Å². The summed E-state index contributed by atoms with van der Waals surface area (Å²) in [4.78, 5) is 27.3. The van der Waals surface area contributed by atoms with Crippen molar-refractivity contribution in [3.05, 3.63) is 85.8 Å². The molecular formula is C31H32Cl2O4. The maximum atomic E-state index is 13.7. The van der Waals surface area contributed by atoms with E-state index in [1.165, 1.54) is 0 Å². The molecule has 6 heteroatoms. The van der Waals surface area contributed by atoms with Crippen LogP contribution in [0.4, 0.5) is 0 Å². The highest BCUT2D eigenvalue weighted by molar-refractivity contribution is 6.35. The first-order chi connectivity index (χ1) is 17.3. The highest BCUT2D eigenvalue weighted by atomic mass is 35.5. The van der Waals surface area contributed by atoms with Crippen LogP contribution in [0.5, 0.6) is 5.75 Å². The summed E-state index contributed by atoms with van der Waals surface area (Å²) in [6, 6.07) is 11.5. The minimum Gasteiger partial charge on any atom is -0.487 e. The van der Waals surface area contributed by atoms with E-state index in [1.807, 2.05) is 31.2 Å². The predicted molar refractivity (Wildman–Crippen MR) is 146 cm³/mol. The molecule has 0 saturated heterocycles. The number of carbonyl (C=O) groups excluding carboxylic acids is 2. The van der Waals surface area contributed by atoms with E-state index >= 15 is 0 Å². The maximum Gasteiger partial charge on any atom is 0.163 e. The van der Waals surface area contributed by atoms with Gasteiger partial charge in [-0.1, -0.05) is 80.7 Å². The molecule has 0 unspecified atom stereocenters. The summed E-state index contributed by atoms with van der Waals surface area (Å²) in [6.45, 7) is 10.6. The zero-order chi connectivity index (χ0) is 26.7. The van der Waals surface area contributed by atoms with Gasteiger partial charge in [-0.15, -0.1) is 0 Å². The average Bonchev–Trinajstić information content (AvgIpc) is 2.76. The Morgan fingerprint density at radius 2 is 1.41 bits per heavy atom. The molecule has 2 aliphatic carbocycles. The number of aryl methyl sites for hydroxylation is 1. The predicted octanol–water partition coefficient (Wildman–Crippen LogP) is 8.28. The summed E-state index contributed by atoms with van der Waals surface area (Å²) in [5.41, 5.74) is 3.38. The van der Waals surface area contributed by atoms with Crippen LogP contribution in [0, 0.1) is 17.8 Å². The molecule has 1 aliphatic heterocycles. The quantitative estimate of drug-likeness (QED) is 0.392. The SMILES string of the molecule is Cc1ccc(COc2c(Cl)cc(Cl)cc2C2C3=C(CC(C)(C)CC3=O)OC3=C2C(=O)CC(C)(C)C3)cc1. The number of halogens is 2. The molecule has 0 spiro atoms. The highest BCUT2D eigenvalue weighted by Crippen LogP contribution is 2.55. The average molecular weight is 539 g/mol. The minimum absolute atomic E-state index is 0.0129. The molecule has 0 aromatic heterocycles. The molecule has 0 radical (unpaired) electrons. The number of Topliss-reactive ketones (excluding diaryl/α,β-unsaturated/α-hetero) is 2. The van der Waals surface area contributed by atoms with Gasteiger partial charge >= 0.3 is 0 Å². The lowest BCUT2D eigenvalue weighted by atomic mass is 9.65. The van der Waals surface area contributed by atoms with Gasteiger partial charge in [0.25, 0.3) is 0 Å². The third-order valence-electron chi connectivity index (χ3n) is 7.43. The number of hydrogen-bond donors (Lipinski definition) is 0. The van der Waals surface area contributed by atoms with E-state index in [0.717, 1.165) is 11.1 Å². The number of carbonyl (C=O) groups is 2. The molecule has 194 valence electrons. The first-order valence-electron chi connectivity index (χ1n) is 12.7. The molecule has 0 fully saturated rings. The van der Waals surface area contributed by atoms with Crippen LogP contribution in [0.1, 0.15) is 76.0 Å². The van der Waals surface area contributed by atoms with Crippen LogP contribution in [0.15, 0.2) is 59.1 Å². The van der Waals surface area contributed by atoms with Crippen molar-refractivity contribution in [2.75, 3.05) is 0 Å². The van der Waals surface area contributed by atoms with Gasteiger partial charge in [0, 0.05) is 47.4 Å². The van der Waals surface area contributed by atoms with Crippen LogP contribution in [0.25, 0.3) is 0 Å². The molecule has 0 amide bonds. The third-order valence-corrected chi connectivity index (χ3v) is 7.93. The van der Waals surface area contributed by atoms with E-state index in [0.29, 0.717) is 69.7 Å². The lowest BCUT2D eigenvalue weighted by molar-refractivity contribution is -0.120. The van der Waals surface area contributed by atoms with Gasteiger partial charge in [0.1, 0.15) is 23.9 Å². The second-order valence-corrected chi connectivity index (χ2v) is 13.0. The van der Waals surface area contributed by atoms with Gasteiger partial charge in [-0.25, -0.2) is 0 Å². The van der Waals surface area contributed by atoms with Crippen LogP contribution in [0.3, 0.4) is 0 Å². The summed E-state index contributed by atoms with van der Waals surface area (Å²) in [5, 5.41) is 0.767. The Labute approximate surface area is 228 Å². The summed E-state index contributed by atoms with van der Waals surface area (Å²) in [7, 11) is 0. The van der Waals surface area contributed by atoms with Crippen LogP contribution in [-0.4, -0.2) is 11.6 Å². The van der Waals surface area contributed by atoms with Gasteiger partial charge in [-0.2, -0.15) is 0 Å². The smallest absolute Gasteiger partial charge is 0.163 e. The summed E-state index contributed by atoms with van der Waals surface area (Å²) >= 11 is 13.2. The zero-order valence-corrected chi connectivity index (χ0v) is 23.5. The number of ether oxygens (including phenoxy) is 2. The standard InChI is InChI=1S/C31H32Cl2O4/c1-17-6-8-18(9-7-17)16-36-29-20(10-19(32)11-21(29)33)26-27-22(34)12-30(2,3)14-24(27)37-25-15-31(4,5)13-23(35)28(25)26/h6-11,26H,12-16H2,1-5H3. The van der Waals surface area contributed by atoms with E-state index in [4.69, 9.17) is 32.7 Å². The van der Waals surface area contributed by atoms with Crippen LogP contribution >= 0.6 is 23.2 Å². The number of allylic oxidation sites excluding steroid dienone is 4. The fourth-order valence-corrected chi connectivity index (χ4v) is 6.34. The monoisotopic (exact) mass is 538 g/mol. The molecule has 1 heterocycles. The number of rotatable bonds is 4. The Morgan fingerprint density at radius 1 is 0.865 bits per heavy atom. The number of hydrogen-bond acceptors (Lipinski definition) is 4. The fraction of sp³-hybridized carbons (Fsp3) is 0.419. The molecule has 2 aromatic carbocycles. The van der Waals surface area contributed by atoms with Crippen LogP contribution in [-0.2, 0) is 20.9 Å². The van der Waals surface area contributed by atoms with Gasteiger partial charge in [0.05, 0.1) is 10.9 Å². The minimum atomic E-state index is -0.629. The molecule has 0 saturated carbocycles. The molecule has 3 aliphatic rings. The van der Waals surface area contributed by atoms with Gasteiger partial charge < -0.3 is 9.47 Å². The van der Waals surface area contributed by atoms with E-state index < -0.39 is 5.92 Å². The molecule has 0 N–H and O–H groups in total. The lowest BCUT2D eigenvalue weighted by Gasteiger charge is -2.43. The fourth-order valence-electron chi connectivity index (χ4n) is 5.77. The largest absolute Gasteiger partial charge is 0.487 e. The second-order valence-electron chi connectivity index (χ2n) is 12.2. The summed E-state index contributed by atoms with van der Waals surface area (Å²) in [5.74, 6) is 1.08. The Bertz CT molecular complexity index is 1310. The van der Waals surface area contributed by atoms with Crippen molar-refractivity contribution >= 4 is 34.8 Å². The molecule has 0 atom stereocenters. The molecule has 2 aromatic rings. The summed E-state index contributed by atoms with van der Waals surface area (Å²) < 4.78 is 12.7. The summed E-state index contributed by atoms with van der Waals surface area (Å²) in [6.07, 6.45) is 1.98. The Kier molecular flexibility index (Phi) is 6.57. The molecule has 4 nitrogen and oxygen atoms in total. The van der Waals surface area contributed by atoms with E-state index in [9.17, 15) is 9.59 Å². The zero-order valence-electron chi connectivity index (χ0n) is 22.0. The normalized spacial score (nSPS) is 20.9. The first kappa shape index (κ1) is 26.1. The van der Waals surface area contributed by atoms with Crippen molar-refractivity contribution in [1.29, 1.82) is 0 Å². The van der Waals surface area contributed by atoms with E-state index in [1.54, 1.807) is 12.1 Å². The van der Waals surface area contributed by atoms with Crippen molar-refractivity contribution in [3.8, 4) is 5.75 Å². The van der Waals surface area contributed by atoms with Crippen LogP contribution < -0.4 is 4.74 Å². The molecular weight excluding hydrogens is 507 g/mol. The molecule has 0 bridgehead atoms. The van der Waals surface area contributed by atoms with Crippen molar-refractivity contribution in [3.63, 3.8) is 0 Å². The second kappa shape index (κ2) is 9.32. The van der Waals surface area contributed by atoms with Crippen molar-refractivity contribution in [2.24, 2.45) is 10.8 Å². The molecule has 37 heavy (non-hydrogen) atoms. The third kappa shape index (κ3) is 5.11. The molecule has 5 rings (SSSR count). The van der Waals surface area contributed by atoms with E-state index in [-0.39, 0.29) is 29.0 Å². The van der Waals surface area contributed by atoms with Gasteiger partial charge in [0.15, 0.2) is 11.6 Å². The van der Waals surface area contributed by atoms with E-state index in [2.05, 4.69) is 27.7 Å². The van der Waals surface area contributed by atoms with Crippen molar-refractivity contribution in [1.82, 2.24) is 0 Å². The number of ketones is 2. The van der Waals surface area contributed by atoms with Gasteiger partial charge in [-0.05, 0) is 35.4 Å². The number of benzene rings is 2. The lowest BCUT2D eigenvalue weighted by Crippen LogP contribution is -2.37. The Hall–Kier alpha value is -2.56. The van der Waals surface area contributed by atoms with Crippen molar-refractivity contribution < 1.29 is 19.1 Å². The highest BCUT2D eigenvalue weighted by Gasteiger charge is 2.48. The van der Waals surface area contributed by atoms with Crippen LogP contribution in [0.2, 0.25) is 10.0 Å². The Morgan fingerprint density at radius 3 is 1.95 bits per heavy atom. The topological polar surface area (TPSA) is 52.6 Å². The maximum absolute atomic E-state index is 13.7. The van der Waals surface area contributed by atoms with Gasteiger partial charge in [-0.3, -0.25) is 9.59 Å². The Balaban J connectivity index is 1.67. The first-order valence-corrected chi connectivity index (χ1v) is 13.5. The van der Waals surface area contributed by atoms with Crippen molar-refractivity contribution in [2.45, 2.75) is 72.8 Å².